The van der Waals surface area contributed by atoms with Crippen molar-refractivity contribution >= 4 is 37.5 Å². The van der Waals surface area contributed by atoms with Gasteiger partial charge in [-0.3, -0.25) is 19.6 Å². The summed E-state index contributed by atoms with van der Waals surface area (Å²) in [4.78, 5) is 35.0. The highest BCUT2D eigenvalue weighted by molar-refractivity contribution is 7.25. The monoisotopic (exact) mass is 498 g/mol. The van der Waals surface area contributed by atoms with Crippen molar-refractivity contribution in [3.63, 3.8) is 0 Å². The van der Waals surface area contributed by atoms with Crippen LogP contribution in [0, 0.1) is 17.0 Å². The Morgan fingerprint density at radius 3 is 2.77 bits per heavy atom. The molecule has 13 heteroatoms. The van der Waals surface area contributed by atoms with E-state index < -0.39 is 16.9 Å². The molecule has 0 saturated carbocycles. The molecule has 0 saturated heterocycles. The van der Waals surface area contributed by atoms with Gasteiger partial charge in [0.25, 0.3) is 12.0 Å². The highest BCUT2D eigenvalue weighted by atomic mass is 32.1. The molecule has 0 aliphatic heterocycles. The normalized spacial score (nSPS) is 11.6. The van der Waals surface area contributed by atoms with Crippen LogP contribution in [0.25, 0.3) is 31.8 Å². The van der Waals surface area contributed by atoms with Crippen LogP contribution in [0.1, 0.15) is 23.2 Å². The molecule has 5 aromatic rings. The molecule has 5 rings (SSSR count). The number of aryl methyl sites for hydroxylation is 1. The number of methoxy groups -OCH3 is 1. The molecule has 0 atom stereocenters. The Bertz CT molecular complexity index is 1680. The Balaban J connectivity index is 1.62. The molecule has 0 bridgehead atoms. The van der Waals surface area contributed by atoms with Crippen molar-refractivity contribution in [2.24, 2.45) is 0 Å². The molecule has 0 radical (unpaired) electrons. The van der Waals surface area contributed by atoms with Crippen LogP contribution in [0.5, 0.6) is 5.75 Å². The molecule has 10 nitrogen and oxygen atoms in total. The number of nitrogens with one attached hydrogen (secondary N) is 1. The summed E-state index contributed by atoms with van der Waals surface area (Å²) in [5.41, 5.74) is 1.25. The molecule has 0 aliphatic rings. The lowest BCUT2D eigenvalue weighted by Gasteiger charge is -2.11. The Kier molecular flexibility index (Phi) is 5.47. The van der Waals surface area contributed by atoms with Crippen LogP contribution in [0.3, 0.4) is 0 Å². The summed E-state index contributed by atoms with van der Waals surface area (Å²) in [6.07, 6.45) is -0.265. The molecular weight excluding hydrogens is 482 g/mol. The van der Waals surface area contributed by atoms with Crippen LogP contribution in [-0.4, -0.2) is 36.8 Å². The molecule has 0 amide bonds. The van der Waals surface area contributed by atoms with E-state index in [0.29, 0.717) is 42.9 Å². The lowest BCUT2D eigenvalue weighted by atomic mass is 10.1. The number of rotatable bonds is 6. The molecule has 0 aliphatic carbocycles. The van der Waals surface area contributed by atoms with Crippen molar-refractivity contribution in [2.45, 2.75) is 19.9 Å². The summed E-state index contributed by atoms with van der Waals surface area (Å²) in [6.45, 7) is 1.86. The standard InChI is InChI=1S/C22H16F2N6O4S/c1-10-5-14(19(23)24)26-22-16(10)17-18(35-22)21(31)28-20(27-17)11-3-4-15(34-2)12(6-11)8-29-9-13(7-25-29)30(32)33/h3-7,9,19H,8H2,1-2H3,(H,27,28,31). The topological polar surface area (TPSA) is 129 Å². The third-order valence-corrected chi connectivity index (χ3v) is 6.53. The maximum atomic E-state index is 13.2. The lowest BCUT2D eigenvalue weighted by molar-refractivity contribution is -0.385. The van der Waals surface area contributed by atoms with E-state index in [0.717, 1.165) is 17.5 Å². The summed E-state index contributed by atoms with van der Waals surface area (Å²) >= 11 is 1.02. The van der Waals surface area contributed by atoms with Crippen molar-refractivity contribution in [3.05, 3.63) is 73.9 Å². The zero-order valence-electron chi connectivity index (χ0n) is 18.3. The largest absolute Gasteiger partial charge is 0.496 e. The quantitative estimate of drug-likeness (QED) is 0.267. The Morgan fingerprint density at radius 2 is 2.09 bits per heavy atom. The van der Waals surface area contributed by atoms with Crippen LogP contribution >= 0.6 is 11.3 Å². The number of nitro groups is 1. The predicted molar refractivity (Wildman–Crippen MR) is 125 cm³/mol. The van der Waals surface area contributed by atoms with Crippen molar-refractivity contribution in [3.8, 4) is 17.1 Å². The molecule has 4 heterocycles. The van der Waals surface area contributed by atoms with Crippen molar-refractivity contribution in [2.75, 3.05) is 7.11 Å². The molecule has 4 aromatic heterocycles. The van der Waals surface area contributed by atoms with E-state index in [-0.39, 0.29) is 23.8 Å². The van der Waals surface area contributed by atoms with Gasteiger partial charge < -0.3 is 9.72 Å². The van der Waals surface area contributed by atoms with Crippen molar-refractivity contribution < 1.29 is 18.4 Å². The minimum Gasteiger partial charge on any atom is -0.496 e. The second-order valence-electron chi connectivity index (χ2n) is 7.72. The second-order valence-corrected chi connectivity index (χ2v) is 8.72. The number of hydrogen-bond donors (Lipinski definition) is 1. The summed E-state index contributed by atoms with van der Waals surface area (Å²) < 4.78 is 33.5. The van der Waals surface area contributed by atoms with Crippen LogP contribution < -0.4 is 10.3 Å². The summed E-state index contributed by atoms with van der Waals surface area (Å²) in [5, 5.41) is 15.5. The first-order valence-corrected chi connectivity index (χ1v) is 11.0. The van der Waals surface area contributed by atoms with Gasteiger partial charge in [-0.1, -0.05) is 0 Å². The van der Waals surface area contributed by atoms with Crippen LogP contribution in [0.15, 0.2) is 41.5 Å². The number of pyridine rings is 1. The molecule has 178 valence electrons. The molecule has 0 fully saturated rings. The van der Waals surface area contributed by atoms with Gasteiger partial charge in [-0.2, -0.15) is 5.10 Å². The first-order chi connectivity index (χ1) is 16.7. The van der Waals surface area contributed by atoms with E-state index in [1.165, 1.54) is 24.1 Å². The number of alkyl halides is 2. The summed E-state index contributed by atoms with van der Waals surface area (Å²) in [7, 11) is 1.50. The zero-order chi connectivity index (χ0) is 24.9. The smallest absolute Gasteiger partial charge is 0.307 e. The van der Waals surface area contributed by atoms with Gasteiger partial charge in [0, 0.05) is 16.5 Å². The maximum absolute atomic E-state index is 13.2. The third-order valence-electron chi connectivity index (χ3n) is 5.46. The van der Waals surface area contributed by atoms with Gasteiger partial charge in [-0.15, -0.1) is 11.3 Å². The molecule has 1 N–H and O–H groups in total. The lowest BCUT2D eigenvalue weighted by Crippen LogP contribution is -2.08. The Morgan fingerprint density at radius 1 is 1.29 bits per heavy atom. The number of fused-ring (bicyclic) bond motifs is 3. The first kappa shape index (κ1) is 22.5. The first-order valence-electron chi connectivity index (χ1n) is 10.2. The average molecular weight is 498 g/mol. The number of hydrogen-bond acceptors (Lipinski definition) is 8. The minimum atomic E-state index is -2.72. The van der Waals surface area contributed by atoms with Gasteiger partial charge in [0.05, 0.1) is 24.1 Å². The molecular formula is C22H16F2N6O4S. The summed E-state index contributed by atoms with van der Waals surface area (Å²) in [6, 6.07) is 6.45. The second kappa shape index (κ2) is 8.51. The number of aromatic amines is 1. The molecule has 1 aromatic carbocycles. The maximum Gasteiger partial charge on any atom is 0.307 e. The number of aromatic nitrogens is 5. The fourth-order valence-electron chi connectivity index (χ4n) is 3.86. The van der Waals surface area contributed by atoms with Crippen LogP contribution in [0.2, 0.25) is 0 Å². The van der Waals surface area contributed by atoms with Gasteiger partial charge >= 0.3 is 5.69 Å². The van der Waals surface area contributed by atoms with E-state index >= 15 is 0 Å². The number of ether oxygens (including phenoxy) is 1. The van der Waals surface area contributed by atoms with E-state index in [4.69, 9.17) is 4.74 Å². The Labute approximate surface area is 199 Å². The molecule has 35 heavy (non-hydrogen) atoms. The predicted octanol–water partition coefficient (Wildman–Crippen LogP) is 4.61. The Hall–Kier alpha value is -4.26. The molecule has 0 spiro atoms. The number of benzene rings is 1. The minimum absolute atomic E-state index is 0.139. The van der Waals surface area contributed by atoms with E-state index in [1.54, 1.807) is 25.1 Å². The van der Waals surface area contributed by atoms with Crippen LogP contribution in [-0.2, 0) is 6.54 Å². The zero-order valence-corrected chi connectivity index (χ0v) is 19.1. The van der Waals surface area contributed by atoms with Gasteiger partial charge in [0.2, 0.25) is 0 Å². The highest BCUT2D eigenvalue weighted by Crippen LogP contribution is 2.35. The molecule has 0 unspecified atom stereocenters. The average Bonchev–Trinajstić information content (AvgIpc) is 3.44. The highest BCUT2D eigenvalue weighted by Gasteiger charge is 2.19. The fourth-order valence-corrected chi connectivity index (χ4v) is 4.95. The number of halogens is 2. The van der Waals surface area contributed by atoms with Gasteiger partial charge in [-0.25, -0.2) is 18.7 Å². The van der Waals surface area contributed by atoms with Crippen molar-refractivity contribution in [1.82, 2.24) is 24.7 Å². The van der Waals surface area contributed by atoms with Crippen LogP contribution in [0.4, 0.5) is 14.5 Å². The van der Waals surface area contributed by atoms with E-state index in [1.807, 2.05) is 0 Å². The van der Waals surface area contributed by atoms with Gasteiger partial charge in [0.15, 0.2) is 0 Å². The van der Waals surface area contributed by atoms with Crippen molar-refractivity contribution in [1.29, 1.82) is 0 Å². The number of thiophene rings is 1. The number of nitrogens with zero attached hydrogens (tertiary/aromatic N) is 5. The van der Waals surface area contributed by atoms with Gasteiger partial charge in [-0.05, 0) is 36.8 Å². The number of H-pyrrole nitrogens is 1. The van der Waals surface area contributed by atoms with Gasteiger partial charge in [0.1, 0.15) is 39.2 Å². The summed E-state index contributed by atoms with van der Waals surface area (Å²) in [5.74, 6) is 0.797. The SMILES string of the molecule is COc1ccc(-c2nc3c(sc4nc(C(F)F)cc(C)c43)c(=O)[nH]2)cc1Cn1cc([N+](=O)[O-])cn1. The third kappa shape index (κ3) is 3.99. The fraction of sp³-hybridized carbons (Fsp3) is 0.182. The van der Waals surface area contributed by atoms with E-state index in [9.17, 15) is 23.7 Å². The van der Waals surface area contributed by atoms with E-state index in [2.05, 4.69) is 20.1 Å².